The van der Waals surface area contributed by atoms with Crippen molar-refractivity contribution in [2.24, 2.45) is 0 Å². The van der Waals surface area contributed by atoms with Crippen molar-refractivity contribution in [2.45, 2.75) is 11.8 Å². The van der Waals surface area contributed by atoms with Gasteiger partial charge in [0.2, 0.25) is 0 Å². The van der Waals surface area contributed by atoms with Gasteiger partial charge in [0.25, 0.3) is 15.9 Å². The van der Waals surface area contributed by atoms with Crippen molar-refractivity contribution in [1.82, 2.24) is 0 Å². The quantitative estimate of drug-likeness (QED) is 0.655. The molecule has 0 saturated carbocycles. The number of hydrogen-bond donors (Lipinski definition) is 0. The summed E-state index contributed by atoms with van der Waals surface area (Å²) < 4.78 is 27.2. The molecule has 0 radical (unpaired) electrons. The lowest BCUT2D eigenvalue weighted by molar-refractivity contribution is 0.101. The molecule has 0 aliphatic heterocycles. The van der Waals surface area contributed by atoms with Crippen LogP contribution >= 0.6 is 11.6 Å². The molecule has 0 spiro atoms. The first kappa shape index (κ1) is 18.2. The van der Waals surface area contributed by atoms with E-state index in [1.165, 1.54) is 24.3 Å². The van der Waals surface area contributed by atoms with Crippen LogP contribution in [-0.4, -0.2) is 14.3 Å². The van der Waals surface area contributed by atoms with Gasteiger partial charge in [0.05, 0.1) is 10.6 Å². The highest BCUT2D eigenvalue weighted by molar-refractivity contribution is 7.93. The van der Waals surface area contributed by atoms with E-state index < -0.39 is 15.9 Å². The second-order valence-corrected chi connectivity index (χ2v) is 7.96. The molecule has 6 heteroatoms. The lowest BCUT2D eigenvalue weighted by Crippen LogP contribution is -2.37. The number of aryl methyl sites for hydroxylation is 1. The van der Waals surface area contributed by atoms with Crippen molar-refractivity contribution in [3.05, 3.63) is 95.0 Å². The molecule has 0 saturated heterocycles. The average Bonchev–Trinajstić information content (AvgIpc) is 2.63. The van der Waals surface area contributed by atoms with E-state index in [2.05, 4.69) is 0 Å². The zero-order valence-electron chi connectivity index (χ0n) is 14.0. The number of amides is 1. The summed E-state index contributed by atoms with van der Waals surface area (Å²) in [5.41, 5.74) is 1.38. The molecule has 3 aromatic rings. The molecular weight excluding hydrogens is 370 g/mol. The first-order valence-corrected chi connectivity index (χ1v) is 9.68. The number of hydrogen-bond acceptors (Lipinski definition) is 3. The average molecular weight is 386 g/mol. The van der Waals surface area contributed by atoms with Crippen molar-refractivity contribution < 1.29 is 13.2 Å². The Morgan fingerprint density at radius 1 is 0.885 bits per heavy atom. The summed E-state index contributed by atoms with van der Waals surface area (Å²) in [4.78, 5) is 13.1. The van der Waals surface area contributed by atoms with Crippen LogP contribution in [-0.2, 0) is 10.0 Å². The summed E-state index contributed by atoms with van der Waals surface area (Å²) in [7, 11) is -4.09. The van der Waals surface area contributed by atoms with Gasteiger partial charge >= 0.3 is 0 Å². The van der Waals surface area contributed by atoms with Gasteiger partial charge in [0.1, 0.15) is 0 Å². The van der Waals surface area contributed by atoms with Gasteiger partial charge in [-0.3, -0.25) is 4.79 Å². The predicted octanol–water partition coefficient (Wildman–Crippen LogP) is 4.68. The number of para-hydroxylation sites is 1. The Morgan fingerprint density at radius 3 is 2.15 bits per heavy atom. The topological polar surface area (TPSA) is 54.5 Å². The third-order valence-corrected chi connectivity index (χ3v) is 5.77. The van der Waals surface area contributed by atoms with Crippen LogP contribution in [0, 0.1) is 6.92 Å². The lowest BCUT2D eigenvalue weighted by atomic mass is 10.2. The summed E-state index contributed by atoms with van der Waals surface area (Å²) in [6.07, 6.45) is 0. The standard InChI is InChI=1S/C20H16ClNO3S/c1-15-10-12-19(13-11-15)26(24,25)22(18-8-3-2-4-9-18)20(23)16-6-5-7-17(21)14-16/h2-14H,1H3. The van der Waals surface area contributed by atoms with Crippen molar-refractivity contribution in [1.29, 1.82) is 0 Å². The van der Waals surface area contributed by atoms with Crippen LogP contribution in [0.1, 0.15) is 15.9 Å². The number of nitrogens with zero attached hydrogens (tertiary/aromatic N) is 1. The maximum absolute atomic E-state index is 13.2. The molecule has 0 N–H and O–H groups in total. The van der Waals surface area contributed by atoms with Gasteiger partial charge in [-0.25, -0.2) is 8.42 Å². The molecule has 0 heterocycles. The number of carbonyl (C=O) groups excluding carboxylic acids is 1. The molecule has 0 bridgehead atoms. The van der Waals surface area contributed by atoms with Crippen molar-refractivity contribution >= 4 is 33.2 Å². The van der Waals surface area contributed by atoms with Crippen LogP contribution in [0.4, 0.5) is 5.69 Å². The van der Waals surface area contributed by atoms with E-state index in [4.69, 9.17) is 11.6 Å². The van der Waals surface area contributed by atoms with E-state index in [1.807, 2.05) is 6.92 Å². The smallest absolute Gasteiger partial charge is 0.268 e. The van der Waals surface area contributed by atoms with Crippen molar-refractivity contribution in [2.75, 3.05) is 4.31 Å². The van der Waals surface area contributed by atoms with Crippen LogP contribution in [0.25, 0.3) is 0 Å². The fourth-order valence-electron chi connectivity index (χ4n) is 2.48. The largest absolute Gasteiger partial charge is 0.272 e. The van der Waals surface area contributed by atoms with E-state index in [-0.39, 0.29) is 16.1 Å². The Balaban J connectivity index is 2.15. The van der Waals surface area contributed by atoms with Gasteiger partial charge < -0.3 is 0 Å². The fraction of sp³-hybridized carbons (Fsp3) is 0.0500. The zero-order valence-corrected chi connectivity index (χ0v) is 15.5. The number of sulfonamides is 1. The Kier molecular flexibility index (Phi) is 5.11. The number of benzene rings is 3. The summed E-state index contributed by atoms with van der Waals surface area (Å²) in [5, 5.41) is 0.358. The van der Waals surface area contributed by atoms with Crippen LogP contribution < -0.4 is 4.31 Å². The molecule has 3 aromatic carbocycles. The minimum Gasteiger partial charge on any atom is -0.268 e. The number of anilines is 1. The second kappa shape index (κ2) is 7.32. The summed E-state index contributed by atoms with van der Waals surface area (Å²) in [5.74, 6) is -0.667. The molecule has 0 aromatic heterocycles. The first-order chi connectivity index (χ1) is 12.4. The first-order valence-electron chi connectivity index (χ1n) is 7.86. The van der Waals surface area contributed by atoms with E-state index in [0.717, 1.165) is 9.87 Å². The third kappa shape index (κ3) is 3.64. The van der Waals surface area contributed by atoms with Crippen LogP contribution in [0.15, 0.2) is 83.8 Å². The van der Waals surface area contributed by atoms with Gasteiger partial charge in [0, 0.05) is 10.6 Å². The van der Waals surface area contributed by atoms with Crippen molar-refractivity contribution in [3.8, 4) is 0 Å². The van der Waals surface area contributed by atoms with E-state index in [1.54, 1.807) is 54.6 Å². The van der Waals surface area contributed by atoms with E-state index in [0.29, 0.717) is 5.02 Å². The van der Waals surface area contributed by atoms with Crippen LogP contribution in [0.3, 0.4) is 0 Å². The highest BCUT2D eigenvalue weighted by Gasteiger charge is 2.31. The van der Waals surface area contributed by atoms with Crippen LogP contribution in [0.5, 0.6) is 0 Å². The molecule has 0 unspecified atom stereocenters. The minimum atomic E-state index is -4.09. The summed E-state index contributed by atoms with van der Waals surface area (Å²) >= 11 is 5.97. The normalized spacial score (nSPS) is 11.2. The number of halogens is 1. The Bertz CT molecular complexity index is 1030. The molecule has 0 atom stereocenters. The fourth-order valence-corrected chi connectivity index (χ4v) is 4.09. The number of carbonyl (C=O) groups is 1. The van der Waals surface area contributed by atoms with Crippen molar-refractivity contribution in [3.63, 3.8) is 0 Å². The Morgan fingerprint density at radius 2 is 1.54 bits per heavy atom. The predicted molar refractivity (Wildman–Crippen MR) is 103 cm³/mol. The van der Waals surface area contributed by atoms with Gasteiger partial charge in [-0.2, -0.15) is 4.31 Å². The zero-order chi connectivity index (χ0) is 18.7. The molecule has 3 rings (SSSR count). The molecule has 1 amide bonds. The van der Waals surface area contributed by atoms with E-state index >= 15 is 0 Å². The summed E-state index contributed by atoms with van der Waals surface area (Å²) in [6, 6.07) is 20.9. The molecule has 26 heavy (non-hydrogen) atoms. The molecular formula is C20H16ClNO3S. The monoisotopic (exact) mass is 385 g/mol. The molecule has 0 fully saturated rings. The molecule has 4 nitrogen and oxygen atoms in total. The minimum absolute atomic E-state index is 0.0438. The third-order valence-electron chi connectivity index (χ3n) is 3.81. The molecule has 0 aliphatic rings. The molecule has 0 aliphatic carbocycles. The highest BCUT2D eigenvalue weighted by atomic mass is 35.5. The Hall–Kier alpha value is -2.63. The lowest BCUT2D eigenvalue weighted by Gasteiger charge is -2.23. The maximum atomic E-state index is 13.2. The van der Waals surface area contributed by atoms with E-state index in [9.17, 15) is 13.2 Å². The van der Waals surface area contributed by atoms with Gasteiger partial charge in [-0.05, 0) is 49.4 Å². The van der Waals surface area contributed by atoms with Gasteiger partial charge in [-0.15, -0.1) is 0 Å². The number of rotatable bonds is 4. The summed E-state index contributed by atoms with van der Waals surface area (Å²) in [6.45, 7) is 1.86. The van der Waals surface area contributed by atoms with Gasteiger partial charge in [0.15, 0.2) is 0 Å². The van der Waals surface area contributed by atoms with Crippen LogP contribution in [0.2, 0.25) is 5.02 Å². The Labute approximate surface area is 157 Å². The van der Waals surface area contributed by atoms with Gasteiger partial charge in [-0.1, -0.05) is 53.6 Å². The maximum Gasteiger partial charge on any atom is 0.272 e. The second-order valence-electron chi connectivity index (χ2n) is 5.73. The molecule has 132 valence electrons. The SMILES string of the molecule is Cc1ccc(S(=O)(=O)N(C(=O)c2cccc(Cl)c2)c2ccccc2)cc1. The highest BCUT2D eigenvalue weighted by Crippen LogP contribution is 2.26.